The first-order valence-corrected chi connectivity index (χ1v) is 9.08. The van der Waals surface area contributed by atoms with Crippen molar-refractivity contribution in [1.82, 2.24) is 4.90 Å². The average Bonchev–Trinajstić information content (AvgIpc) is 3.23. The molecular weight excluding hydrogens is 326 g/mol. The van der Waals surface area contributed by atoms with Gasteiger partial charge in [0.05, 0.1) is 6.26 Å². The number of fused-ring (bicyclic) bond motifs is 1. The van der Waals surface area contributed by atoms with Crippen molar-refractivity contribution in [1.29, 1.82) is 0 Å². The van der Waals surface area contributed by atoms with Crippen molar-refractivity contribution in [2.45, 2.75) is 38.3 Å². The van der Waals surface area contributed by atoms with Crippen molar-refractivity contribution in [2.75, 3.05) is 6.54 Å². The van der Waals surface area contributed by atoms with Crippen molar-refractivity contribution in [3.05, 3.63) is 71.7 Å². The molecule has 0 bridgehead atoms. The minimum absolute atomic E-state index is 0.0111. The van der Waals surface area contributed by atoms with Crippen LogP contribution < -0.4 is 0 Å². The van der Waals surface area contributed by atoms with Gasteiger partial charge in [-0.3, -0.25) is 4.90 Å². The van der Waals surface area contributed by atoms with Crippen LogP contribution in [-0.4, -0.2) is 28.1 Å². The molecule has 1 N–H and O–H groups in total. The number of aromatic carboxylic acids is 1. The molecule has 4 nitrogen and oxygen atoms in total. The van der Waals surface area contributed by atoms with E-state index in [9.17, 15) is 9.90 Å². The fraction of sp³-hybridized carbons (Fsp3) is 0.318. The van der Waals surface area contributed by atoms with Gasteiger partial charge < -0.3 is 9.52 Å². The number of carbonyl (C=O) groups is 1. The maximum atomic E-state index is 11.3. The number of rotatable bonds is 5. The molecule has 1 aliphatic heterocycles. The third kappa shape index (κ3) is 3.01. The van der Waals surface area contributed by atoms with Crippen molar-refractivity contribution < 1.29 is 14.3 Å². The van der Waals surface area contributed by atoms with E-state index in [1.807, 2.05) is 0 Å². The van der Waals surface area contributed by atoms with Gasteiger partial charge in [0.2, 0.25) is 5.76 Å². The van der Waals surface area contributed by atoms with E-state index in [-0.39, 0.29) is 11.3 Å². The standard InChI is InChI=1S/C22H23NO3/c1-22(14-17-8-4-7-16-6-2-3-9-19(16)17)11-5-12-23(22)15-18-10-13-26-20(18)21(24)25/h2-4,6-10,13H,5,11-12,14-15H2,1H3,(H,24,25). The summed E-state index contributed by atoms with van der Waals surface area (Å²) in [5.74, 6) is -0.940. The molecule has 4 rings (SSSR count). The van der Waals surface area contributed by atoms with E-state index in [1.54, 1.807) is 6.07 Å². The van der Waals surface area contributed by atoms with Crippen LogP contribution in [0.25, 0.3) is 10.8 Å². The second kappa shape index (κ2) is 6.61. The molecule has 134 valence electrons. The van der Waals surface area contributed by atoms with Gasteiger partial charge in [-0.25, -0.2) is 4.79 Å². The first-order chi connectivity index (χ1) is 12.6. The average molecular weight is 349 g/mol. The van der Waals surface area contributed by atoms with Gasteiger partial charge in [-0.1, -0.05) is 42.5 Å². The Kier molecular flexibility index (Phi) is 4.29. The summed E-state index contributed by atoms with van der Waals surface area (Å²) >= 11 is 0. The van der Waals surface area contributed by atoms with Crippen molar-refractivity contribution in [3.8, 4) is 0 Å². The Morgan fingerprint density at radius 2 is 1.96 bits per heavy atom. The van der Waals surface area contributed by atoms with Crippen LogP contribution in [0.15, 0.2) is 59.2 Å². The highest BCUT2D eigenvalue weighted by Crippen LogP contribution is 2.35. The van der Waals surface area contributed by atoms with Crippen LogP contribution in [0.5, 0.6) is 0 Å². The van der Waals surface area contributed by atoms with Gasteiger partial charge in [-0.2, -0.15) is 0 Å². The van der Waals surface area contributed by atoms with Crippen molar-refractivity contribution in [2.24, 2.45) is 0 Å². The molecule has 2 aromatic carbocycles. The van der Waals surface area contributed by atoms with E-state index in [1.165, 1.54) is 22.6 Å². The molecule has 3 aromatic rings. The van der Waals surface area contributed by atoms with Gasteiger partial charge in [0.25, 0.3) is 0 Å². The zero-order valence-electron chi connectivity index (χ0n) is 14.9. The van der Waals surface area contributed by atoms with Gasteiger partial charge in [-0.15, -0.1) is 0 Å². The quantitative estimate of drug-likeness (QED) is 0.723. The Morgan fingerprint density at radius 3 is 2.81 bits per heavy atom. The van der Waals surface area contributed by atoms with Crippen LogP contribution in [-0.2, 0) is 13.0 Å². The third-order valence-corrected chi connectivity index (χ3v) is 5.66. The molecule has 1 aromatic heterocycles. The number of benzene rings is 2. The smallest absolute Gasteiger partial charge is 0.372 e. The molecule has 4 heteroatoms. The van der Waals surface area contributed by atoms with Gasteiger partial charge in [0, 0.05) is 17.6 Å². The van der Waals surface area contributed by atoms with Gasteiger partial charge in [0.1, 0.15) is 0 Å². The summed E-state index contributed by atoms with van der Waals surface area (Å²) in [7, 11) is 0. The summed E-state index contributed by atoms with van der Waals surface area (Å²) in [6.45, 7) is 3.88. The maximum Gasteiger partial charge on any atom is 0.372 e. The predicted octanol–water partition coefficient (Wildman–Crippen LogP) is 4.73. The SMILES string of the molecule is CC1(Cc2cccc3ccccc23)CCCN1Cc1ccoc1C(=O)O. The largest absolute Gasteiger partial charge is 0.475 e. The zero-order valence-corrected chi connectivity index (χ0v) is 14.9. The van der Waals surface area contributed by atoms with E-state index < -0.39 is 5.97 Å². The van der Waals surface area contributed by atoms with Crippen LogP contribution in [0, 0.1) is 0 Å². The van der Waals surface area contributed by atoms with E-state index in [4.69, 9.17) is 4.42 Å². The fourth-order valence-electron chi connectivity index (χ4n) is 4.26. The predicted molar refractivity (Wildman–Crippen MR) is 101 cm³/mol. The van der Waals surface area contributed by atoms with Gasteiger partial charge in [-0.05, 0) is 55.1 Å². The van der Waals surface area contributed by atoms with Gasteiger partial charge >= 0.3 is 5.97 Å². The molecule has 0 spiro atoms. The molecule has 0 amide bonds. The number of hydrogen-bond donors (Lipinski definition) is 1. The lowest BCUT2D eigenvalue weighted by Gasteiger charge is -2.36. The molecule has 1 atom stereocenters. The topological polar surface area (TPSA) is 53.7 Å². The monoisotopic (exact) mass is 349 g/mol. The molecule has 26 heavy (non-hydrogen) atoms. The molecular formula is C22H23NO3. The van der Waals surface area contributed by atoms with Crippen LogP contribution >= 0.6 is 0 Å². The van der Waals surface area contributed by atoms with Crippen LogP contribution in [0.3, 0.4) is 0 Å². The highest BCUT2D eigenvalue weighted by Gasteiger charge is 2.37. The summed E-state index contributed by atoms with van der Waals surface area (Å²) in [5.41, 5.74) is 2.11. The first-order valence-electron chi connectivity index (χ1n) is 9.08. The first kappa shape index (κ1) is 16.9. The minimum Gasteiger partial charge on any atom is -0.475 e. The van der Waals surface area contributed by atoms with Gasteiger partial charge in [0.15, 0.2) is 0 Å². The lowest BCUT2D eigenvalue weighted by molar-refractivity contribution is 0.0656. The van der Waals surface area contributed by atoms with E-state index in [0.717, 1.165) is 31.4 Å². The summed E-state index contributed by atoms with van der Waals surface area (Å²) < 4.78 is 5.15. The van der Waals surface area contributed by atoms with E-state index >= 15 is 0 Å². The number of furan rings is 1. The molecule has 1 saturated heterocycles. The lowest BCUT2D eigenvalue weighted by atomic mass is 9.87. The lowest BCUT2D eigenvalue weighted by Crippen LogP contribution is -2.42. The van der Waals surface area contributed by atoms with Crippen LogP contribution in [0.4, 0.5) is 0 Å². The van der Waals surface area contributed by atoms with Crippen LogP contribution in [0.2, 0.25) is 0 Å². The normalized spacial score (nSPS) is 20.7. The van der Waals surface area contributed by atoms with E-state index in [0.29, 0.717) is 6.54 Å². The Balaban J connectivity index is 1.62. The number of likely N-dealkylation sites (tertiary alicyclic amines) is 1. The Bertz CT molecular complexity index is 940. The molecule has 2 heterocycles. The Morgan fingerprint density at radius 1 is 1.15 bits per heavy atom. The number of hydrogen-bond acceptors (Lipinski definition) is 3. The van der Waals surface area contributed by atoms with Crippen molar-refractivity contribution in [3.63, 3.8) is 0 Å². The fourth-order valence-corrected chi connectivity index (χ4v) is 4.26. The second-order valence-electron chi connectivity index (χ2n) is 7.42. The molecule has 0 saturated carbocycles. The second-order valence-corrected chi connectivity index (χ2v) is 7.42. The molecule has 1 unspecified atom stereocenters. The molecule has 1 fully saturated rings. The summed E-state index contributed by atoms with van der Waals surface area (Å²) in [6.07, 6.45) is 4.66. The molecule has 0 radical (unpaired) electrons. The minimum atomic E-state index is -1.00. The zero-order chi connectivity index (χ0) is 18.1. The van der Waals surface area contributed by atoms with E-state index in [2.05, 4.69) is 54.3 Å². The molecule has 0 aliphatic carbocycles. The summed E-state index contributed by atoms with van der Waals surface area (Å²) in [4.78, 5) is 13.8. The van der Waals surface area contributed by atoms with Crippen molar-refractivity contribution >= 4 is 16.7 Å². The number of nitrogens with zero attached hydrogens (tertiary/aromatic N) is 1. The number of carboxylic acid groups (broad SMARTS) is 1. The summed E-state index contributed by atoms with van der Waals surface area (Å²) in [6, 6.07) is 16.8. The highest BCUT2D eigenvalue weighted by molar-refractivity contribution is 5.86. The highest BCUT2D eigenvalue weighted by atomic mass is 16.4. The summed E-state index contributed by atoms with van der Waals surface area (Å²) in [5, 5.41) is 11.9. The Labute approximate surface area is 153 Å². The molecule has 1 aliphatic rings. The third-order valence-electron chi connectivity index (χ3n) is 5.66. The Hall–Kier alpha value is -2.59. The van der Waals surface area contributed by atoms with Crippen LogP contribution in [0.1, 0.15) is 41.4 Å². The maximum absolute atomic E-state index is 11.3. The number of carboxylic acids is 1.